The molecule has 2 atom stereocenters. The molecule has 3 aliphatic rings. The summed E-state index contributed by atoms with van der Waals surface area (Å²) in [5, 5.41) is 16.4. The van der Waals surface area contributed by atoms with E-state index in [0.29, 0.717) is 13.2 Å². The fraction of sp³-hybridized carbons (Fsp3) is 0.640. The number of ether oxygens (including phenoxy) is 2. The Bertz CT molecular complexity index is 1180. The number of rotatable bonds is 4. The van der Waals surface area contributed by atoms with E-state index in [9.17, 15) is 5.11 Å². The number of morpholine rings is 1. The first kappa shape index (κ1) is 22.4. The third kappa shape index (κ3) is 3.82. The average Bonchev–Trinajstić information content (AvgIpc) is 3.58. The van der Waals surface area contributed by atoms with Crippen molar-refractivity contribution >= 4 is 27.6 Å². The van der Waals surface area contributed by atoms with E-state index in [-0.39, 0.29) is 12.3 Å². The van der Waals surface area contributed by atoms with Crippen LogP contribution in [0.15, 0.2) is 12.1 Å². The van der Waals surface area contributed by atoms with Crippen LogP contribution in [0.25, 0.3) is 21.6 Å². The molecule has 0 amide bonds. The van der Waals surface area contributed by atoms with Crippen molar-refractivity contribution in [3.8, 4) is 11.4 Å². The standard InChI is InChI=1S/C25H33N5O3S/c1-16-13-19(30(27-16)21-7-3-6-11-33-21)22-23-24(34-28-22)18(25(31)8-4-5-9-25)14-20(26-23)29-10-12-32-15-17(29)2/h13-14,17,21,31H,3-12,15H2,1-2H3/t17-,21?/m1/s1. The highest BCUT2D eigenvalue weighted by Gasteiger charge is 2.37. The number of pyridine rings is 1. The summed E-state index contributed by atoms with van der Waals surface area (Å²) in [6.07, 6.45) is 6.75. The molecular formula is C25H33N5O3S. The summed E-state index contributed by atoms with van der Waals surface area (Å²) in [6, 6.07) is 4.43. The molecule has 9 heteroatoms. The predicted octanol–water partition coefficient (Wildman–Crippen LogP) is 4.55. The highest BCUT2D eigenvalue weighted by molar-refractivity contribution is 7.13. The number of fused-ring (bicyclic) bond motifs is 1. The van der Waals surface area contributed by atoms with Crippen molar-refractivity contribution in [2.75, 3.05) is 31.3 Å². The van der Waals surface area contributed by atoms with Gasteiger partial charge < -0.3 is 19.5 Å². The van der Waals surface area contributed by atoms with E-state index in [2.05, 4.69) is 24.0 Å². The lowest BCUT2D eigenvalue weighted by Crippen LogP contribution is -2.44. The lowest BCUT2D eigenvalue weighted by atomic mass is 9.92. The number of hydrogen-bond donors (Lipinski definition) is 1. The zero-order valence-electron chi connectivity index (χ0n) is 20.0. The Hall–Kier alpha value is -2.07. The molecule has 1 saturated carbocycles. The van der Waals surface area contributed by atoms with E-state index in [0.717, 1.165) is 96.8 Å². The van der Waals surface area contributed by atoms with Gasteiger partial charge in [-0.15, -0.1) is 0 Å². The minimum Gasteiger partial charge on any atom is -0.385 e. The monoisotopic (exact) mass is 483 g/mol. The van der Waals surface area contributed by atoms with Crippen LogP contribution < -0.4 is 4.90 Å². The molecule has 0 spiro atoms. The molecular weight excluding hydrogens is 450 g/mol. The predicted molar refractivity (Wildman–Crippen MR) is 132 cm³/mol. The van der Waals surface area contributed by atoms with Gasteiger partial charge in [-0.3, -0.25) is 0 Å². The largest absolute Gasteiger partial charge is 0.385 e. The molecule has 0 bridgehead atoms. The van der Waals surface area contributed by atoms with Crippen molar-refractivity contribution in [3.05, 3.63) is 23.4 Å². The number of aliphatic hydroxyl groups is 1. The zero-order valence-corrected chi connectivity index (χ0v) is 20.8. The van der Waals surface area contributed by atoms with Gasteiger partial charge in [0.25, 0.3) is 0 Å². The maximum atomic E-state index is 11.7. The molecule has 0 radical (unpaired) electrons. The van der Waals surface area contributed by atoms with Crippen LogP contribution in [0.3, 0.4) is 0 Å². The van der Waals surface area contributed by atoms with Crippen LogP contribution in [0.1, 0.15) is 69.4 Å². The first-order chi connectivity index (χ1) is 16.5. The van der Waals surface area contributed by atoms with Gasteiger partial charge in [0, 0.05) is 18.7 Å². The molecule has 8 nitrogen and oxygen atoms in total. The average molecular weight is 484 g/mol. The normalized spacial score (nSPS) is 25.3. The van der Waals surface area contributed by atoms with E-state index < -0.39 is 5.60 Å². The van der Waals surface area contributed by atoms with Crippen molar-refractivity contribution in [3.63, 3.8) is 0 Å². The van der Waals surface area contributed by atoms with Crippen LogP contribution in [0, 0.1) is 6.92 Å². The Morgan fingerprint density at radius 2 is 2.00 bits per heavy atom. The van der Waals surface area contributed by atoms with Crippen LogP contribution in [-0.4, -0.2) is 56.7 Å². The van der Waals surface area contributed by atoms with Gasteiger partial charge in [-0.1, -0.05) is 12.8 Å². The molecule has 0 aromatic carbocycles. The smallest absolute Gasteiger partial charge is 0.150 e. The van der Waals surface area contributed by atoms with E-state index in [1.54, 1.807) is 0 Å². The second kappa shape index (κ2) is 8.86. The fourth-order valence-corrected chi connectivity index (χ4v) is 6.63. The number of nitrogens with zero attached hydrogens (tertiary/aromatic N) is 5. The lowest BCUT2D eigenvalue weighted by Gasteiger charge is -2.35. The zero-order chi connectivity index (χ0) is 23.3. The van der Waals surface area contributed by atoms with Crippen molar-refractivity contribution < 1.29 is 14.6 Å². The van der Waals surface area contributed by atoms with Gasteiger partial charge in [0.1, 0.15) is 17.0 Å². The Morgan fingerprint density at radius 1 is 1.15 bits per heavy atom. The molecule has 3 fully saturated rings. The van der Waals surface area contributed by atoms with Crippen molar-refractivity contribution in [1.82, 2.24) is 19.1 Å². The Labute approximate surface area is 204 Å². The van der Waals surface area contributed by atoms with Gasteiger partial charge in [-0.05, 0) is 69.6 Å². The summed E-state index contributed by atoms with van der Waals surface area (Å²) in [5.74, 6) is 0.900. The maximum Gasteiger partial charge on any atom is 0.150 e. The second-order valence-electron chi connectivity index (χ2n) is 10.0. The highest BCUT2D eigenvalue weighted by Crippen LogP contribution is 2.45. The van der Waals surface area contributed by atoms with Gasteiger partial charge in [0.15, 0.2) is 6.23 Å². The van der Waals surface area contributed by atoms with Crippen LogP contribution in [-0.2, 0) is 15.1 Å². The summed E-state index contributed by atoms with van der Waals surface area (Å²) < 4.78 is 19.7. The summed E-state index contributed by atoms with van der Waals surface area (Å²) in [6.45, 7) is 7.09. The molecule has 182 valence electrons. The number of anilines is 1. The van der Waals surface area contributed by atoms with Crippen LogP contribution >= 0.6 is 11.5 Å². The molecule has 2 saturated heterocycles. The summed E-state index contributed by atoms with van der Waals surface area (Å²) in [4.78, 5) is 7.47. The number of aromatic nitrogens is 4. The molecule has 1 N–H and O–H groups in total. The molecule has 1 unspecified atom stereocenters. The summed E-state index contributed by atoms with van der Waals surface area (Å²) >= 11 is 1.44. The Morgan fingerprint density at radius 3 is 2.76 bits per heavy atom. The maximum absolute atomic E-state index is 11.7. The lowest BCUT2D eigenvalue weighted by molar-refractivity contribution is -0.0385. The minimum atomic E-state index is -0.822. The topological polar surface area (TPSA) is 85.5 Å². The molecule has 3 aromatic rings. The van der Waals surface area contributed by atoms with Gasteiger partial charge in [-0.2, -0.15) is 9.47 Å². The third-order valence-electron chi connectivity index (χ3n) is 7.53. The van der Waals surface area contributed by atoms with Gasteiger partial charge in [0.05, 0.1) is 40.9 Å². The molecule has 2 aliphatic heterocycles. The van der Waals surface area contributed by atoms with Gasteiger partial charge in [0.2, 0.25) is 0 Å². The Balaban J connectivity index is 1.53. The first-order valence-electron chi connectivity index (χ1n) is 12.6. The summed E-state index contributed by atoms with van der Waals surface area (Å²) in [7, 11) is 0. The highest BCUT2D eigenvalue weighted by atomic mass is 32.1. The molecule has 3 aromatic heterocycles. The second-order valence-corrected chi connectivity index (χ2v) is 10.8. The van der Waals surface area contributed by atoms with Crippen LogP contribution in [0.2, 0.25) is 0 Å². The molecule has 34 heavy (non-hydrogen) atoms. The third-order valence-corrected chi connectivity index (χ3v) is 8.40. The quantitative estimate of drug-likeness (QED) is 0.583. The van der Waals surface area contributed by atoms with Crippen molar-refractivity contribution in [2.45, 2.75) is 76.7 Å². The minimum absolute atomic E-state index is 0.0739. The van der Waals surface area contributed by atoms with E-state index in [1.165, 1.54) is 11.5 Å². The van der Waals surface area contributed by atoms with Crippen LogP contribution in [0.4, 0.5) is 5.82 Å². The van der Waals surface area contributed by atoms with Gasteiger partial charge in [-0.25, -0.2) is 9.67 Å². The molecule has 5 heterocycles. The molecule has 6 rings (SSSR count). The van der Waals surface area contributed by atoms with E-state index >= 15 is 0 Å². The Kier molecular flexibility index (Phi) is 5.83. The van der Waals surface area contributed by atoms with Crippen molar-refractivity contribution in [2.24, 2.45) is 0 Å². The number of hydrogen-bond acceptors (Lipinski definition) is 8. The van der Waals surface area contributed by atoms with Gasteiger partial charge >= 0.3 is 0 Å². The van der Waals surface area contributed by atoms with Crippen LogP contribution in [0.5, 0.6) is 0 Å². The first-order valence-corrected chi connectivity index (χ1v) is 13.4. The van der Waals surface area contributed by atoms with Crippen molar-refractivity contribution in [1.29, 1.82) is 0 Å². The summed E-state index contributed by atoms with van der Waals surface area (Å²) in [5.41, 5.74) is 3.73. The fourth-order valence-electron chi connectivity index (χ4n) is 5.69. The number of aryl methyl sites for hydroxylation is 1. The van der Waals surface area contributed by atoms with E-state index in [1.807, 2.05) is 11.6 Å². The SMILES string of the molecule is Cc1cc(-c2nsc3c(C4(O)CCCC4)cc(N4CCOC[C@H]4C)nc23)n(C2CCCCO2)n1. The molecule has 1 aliphatic carbocycles. The van der Waals surface area contributed by atoms with E-state index in [4.69, 9.17) is 23.9 Å².